The van der Waals surface area contributed by atoms with Gasteiger partial charge >= 0.3 is 17.9 Å². The van der Waals surface area contributed by atoms with Gasteiger partial charge in [-0.05, 0) is 49.3 Å². The summed E-state index contributed by atoms with van der Waals surface area (Å²) < 4.78 is 36.9. The van der Waals surface area contributed by atoms with Crippen LogP contribution in [0.4, 0.5) is 5.82 Å². The van der Waals surface area contributed by atoms with Gasteiger partial charge in [0.05, 0.1) is 19.5 Å². The third kappa shape index (κ3) is 7.29. The van der Waals surface area contributed by atoms with Crippen LogP contribution >= 0.6 is 0 Å². The molecule has 3 heterocycles. The zero-order chi connectivity index (χ0) is 37.1. The van der Waals surface area contributed by atoms with E-state index in [0.717, 1.165) is 25.8 Å². The highest BCUT2D eigenvalue weighted by atomic mass is 16.7. The smallest absolute Gasteiger partial charge is 0.344 e. The molecule has 1 saturated heterocycles. The summed E-state index contributed by atoms with van der Waals surface area (Å²) in [7, 11) is 0. The normalized spacial score (nSPS) is 25.7. The molecule has 0 amide bonds. The molecule has 0 radical (unpaired) electrons. The number of nitrogens with two attached hydrogens (primary N) is 1. The zero-order valence-electron chi connectivity index (χ0n) is 29.1. The van der Waals surface area contributed by atoms with Crippen LogP contribution in [-0.4, -0.2) is 92.1 Å². The van der Waals surface area contributed by atoms with Crippen LogP contribution in [0.2, 0.25) is 0 Å². The molecule has 51 heavy (non-hydrogen) atoms. The van der Waals surface area contributed by atoms with Crippen molar-refractivity contribution in [2.45, 2.75) is 89.3 Å². The largest absolute Gasteiger partial charge is 0.464 e. The zero-order valence-corrected chi connectivity index (χ0v) is 29.1. The Kier molecular flexibility index (Phi) is 11.1. The molecule has 0 bridgehead atoms. The number of hydrogen-bond donors (Lipinski definition) is 2. The van der Waals surface area contributed by atoms with Crippen molar-refractivity contribution in [2.75, 3.05) is 25.6 Å². The number of aliphatic hydroxyl groups excluding tert-OH is 1. The molecule has 0 spiro atoms. The first-order valence-corrected chi connectivity index (χ1v) is 16.6. The van der Waals surface area contributed by atoms with Crippen molar-refractivity contribution >= 4 is 34.9 Å². The van der Waals surface area contributed by atoms with Gasteiger partial charge in [-0.3, -0.25) is 14.2 Å². The maximum atomic E-state index is 13.9. The molecule has 2 aliphatic rings. The predicted molar refractivity (Wildman–Crippen MR) is 178 cm³/mol. The van der Waals surface area contributed by atoms with Crippen molar-refractivity contribution in [2.24, 2.45) is 5.92 Å². The van der Waals surface area contributed by atoms with Gasteiger partial charge in [0.2, 0.25) is 11.4 Å². The molecule has 8 atom stereocenters. The van der Waals surface area contributed by atoms with E-state index in [-0.39, 0.29) is 42.4 Å². The second-order valence-corrected chi connectivity index (χ2v) is 12.5. The average molecular weight is 707 g/mol. The fourth-order valence-electron chi connectivity index (χ4n) is 6.53. The Morgan fingerprint density at radius 3 is 2.61 bits per heavy atom. The Morgan fingerprint density at radius 2 is 2.00 bits per heavy atom. The topological polar surface area (TPSA) is 220 Å². The van der Waals surface area contributed by atoms with Gasteiger partial charge in [-0.2, -0.15) is 15.2 Å². The Morgan fingerprint density at radius 1 is 1.25 bits per heavy atom. The van der Waals surface area contributed by atoms with Gasteiger partial charge in [0.15, 0.2) is 35.7 Å². The van der Waals surface area contributed by atoms with Gasteiger partial charge in [-0.25, -0.2) is 9.78 Å². The number of carbonyl (C=O) groups excluding carboxylic acids is 3. The van der Waals surface area contributed by atoms with E-state index in [2.05, 4.69) is 28.5 Å². The number of ether oxygens (including phenoxy) is 6. The number of hydrogen-bond acceptors (Lipinski definition) is 15. The highest BCUT2D eigenvalue weighted by molar-refractivity contribution is 5.82. The fraction of sp³-hybridized carbons (Fsp3) is 0.514. The third-order valence-corrected chi connectivity index (χ3v) is 9.06. The number of nitrogen functional groups attached to an aromatic ring is 1. The summed E-state index contributed by atoms with van der Waals surface area (Å²) in [5.41, 5.74) is 3.91. The van der Waals surface area contributed by atoms with E-state index in [1.54, 1.807) is 13.8 Å². The van der Waals surface area contributed by atoms with Crippen molar-refractivity contribution in [1.82, 2.24) is 19.5 Å². The number of imidazole rings is 1. The molecule has 1 aromatic carbocycles. The van der Waals surface area contributed by atoms with E-state index in [4.69, 9.17) is 34.2 Å². The standard InChI is InChI=1S/C35H42N6O10/c1-7-34(51-21(6)43)25(50-31(28(34)49-20(5)42)41-18-38-27-29(37)39-26(16-36)40-30(27)41)17-48-35(32(44)46-8-2,33(45)47-9-3)15-22-11-10-12-23(14-22)24-13-19(24)4/h7,10-12,14,18-19,24-25,28,31-32,44H,1,8-9,13,15,17H2,2-6H3,(H2,37,39,40)/t19?,24-,25+,28-,31+,32?,34+,35?/m0/s1. The summed E-state index contributed by atoms with van der Waals surface area (Å²) in [5.74, 6) is -1.90. The summed E-state index contributed by atoms with van der Waals surface area (Å²) in [6.07, 6.45) is -2.52. The highest BCUT2D eigenvalue weighted by Gasteiger charge is 2.62. The van der Waals surface area contributed by atoms with Crippen LogP contribution in [0, 0.1) is 17.2 Å². The van der Waals surface area contributed by atoms with Crippen LogP contribution < -0.4 is 5.73 Å². The Balaban J connectivity index is 1.60. The van der Waals surface area contributed by atoms with E-state index in [9.17, 15) is 24.8 Å². The summed E-state index contributed by atoms with van der Waals surface area (Å²) >= 11 is 0. The predicted octanol–water partition coefficient (Wildman–Crippen LogP) is 2.64. The first kappa shape index (κ1) is 37.3. The second-order valence-electron chi connectivity index (χ2n) is 12.5. The van der Waals surface area contributed by atoms with Crippen LogP contribution in [0.25, 0.3) is 11.2 Å². The van der Waals surface area contributed by atoms with E-state index in [1.165, 1.54) is 17.0 Å². The number of nitriles is 1. The van der Waals surface area contributed by atoms with Gasteiger partial charge in [0.25, 0.3) is 0 Å². The molecule has 5 rings (SSSR count). The molecule has 272 valence electrons. The Labute approximate surface area is 294 Å². The molecule has 16 heteroatoms. The number of anilines is 1. The number of aliphatic hydroxyl groups is 1. The minimum absolute atomic E-state index is 0.0231. The average Bonchev–Trinajstić information content (AvgIpc) is 3.56. The molecule has 1 saturated carbocycles. The maximum absolute atomic E-state index is 13.9. The van der Waals surface area contributed by atoms with Crippen LogP contribution in [0.15, 0.2) is 43.2 Å². The molecule has 2 fully saturated rings. The highest BCUT2D eigenvalue weighted by Crippen LogP contribution is 2.48. The van der Waals surface area contributed by atoms with Crippen molar-refractivity contribution in [3.63, 3.8) is 0 Å². The number of rotatable bonds is 15. The van der Waals surface area contributed by atoms with Crippen LogP contribution in [0.5, 0.6) is 0 Å². The molecule has 1 aliphatic heterocycles. The van der Waals surface area contributed by atoms with Gasteiger partial charge < -0.3 is 39.3 Å². The lowest BCUT2D eigenvalue weighted by molar-refractivity contribution is -0.250. The third-order valence-electron chi connectivity index (χ3n) is 9.06. The van der Waals surface area contributed by atoms with E-state index >= 15 is 0 Å². The van der Waals surface area contributed by atoms with E-state index < -0.39 is 60.4 Å². The number of esters is 3. The van der Waals surface area contributed by atoms with Gasteiger partial charge in [0.1, 0.15) is 17.7 Å². The molecule has 1 aliphatic carbocycles. The Hall–Kier alpha value is -4.95. The molecule has 3 unspecified atom stereocenters. The maximum Gasteiger partial charge on any atom is 0.344 e. The number of carbonyl (C=O) groups is 3. The lowest BCUT2D eigenvalue weighted by Crippen LogP contribution is -2.58. The van der Waals surface area contributed by atoms with Gasteiger partial charge in [-0.15, -0.1) is 0 Å². The summed E-state index contributed by atoms with van der Waals surface area (Å²) in [6, 6.07) is 9.49. The molecular formula is C35H42N6O10. The molecule has 2 aromatic heterocycles. The number of benzene rings is 1. The van der Waals surface area contributed by atoms with Crippen molar-refractivity contribution in [3.8, 4) is 6.07 Å². The molecular weight excluding hydrogens is 664 g/mol. The first-order valence-electron chi connectivity index (χ1n) is 16.6. The monoisotopic (exact) mass is 706 g/mol. The second kappa shape index (κ2) is 15.1. The quantitative estimate of drug-likeness (QED) is 0.100. The summed E-state index contributed by atoms with van der Waals surface area (Å²) in [4.78, 5) is 51.6. The Bertz CT molecular complexity index is 1840. The SMILES string of the molecule is C=C[C@@]1(OC(C)=O)[C@@H](COC(Cc2cccc([C@H]3CC3C)c2)(C(=O)OCC)C(O)OCC)O[C@@H](n2cnc3c(N)nc(C#N)nc32)[C@@H]1OC(C)=O. The number of aromatic nitrogens is 4. The van der Waals surface area contributed by atoms with Crippen LogP contribution in [-0.2, 0) is 49.2 Å². The molecule has 16 nitrogen and oxygen atoms in total. The summed E-state index contributed by atoms with van der Waals surface area (Å²) in [5, 5.41) is 21.0. The number of fused-ring (bicyclic) bond motifs is 1. The van der Waals surface area contributed by atoms with E-state index in [1.807, 2.05) is 30.3 Å². The lowest BCUT2D eigenvalue weighted by atomic mass is 9.89. The first-order chi connectivity index (χ1) is 24.3. The fourth-order valence-corrected chi connectivity index (χ4v) is 6.53. The van der Waals surface area contributed by atoms with Crippen molar-refractivity contribution < 1.29 is 47.9 Å². The minimum atomic E-state index is -2.15. The molecule has 3 aromatic rings. The van der Waals surface area contributed by atoms with Gasteiger partial charge in [-0.1, -0.05) is 37.8 Å². The van der Waals surface area contributed by atoms with Crippen molar-refractivity contribution in [1.29, 1.82) is 5.26 Å². The van der Waals surface area contributed by atoms with E-state index in [0.29, 0.717) is 17.4 Å². The summed E-state index contributed by atoms with van der Waals surface area (Å²) in [6.45, 7) is 11.1. The van der Waals surface area contributed by atoms with Crippen LogP contribution in [0.3, 0.4) is 0 Å². The molecule has 3 N–H and O–H groups in total. The number of nitrogens with zero attached hydrogens (tertiary/aromatic N) is 5. The van der Waals surface area contributed by atoms with Crippen molar-refractivity contribution in [3.05, 3.63) is 60.2 Å². The van der Waals surface area contributed by atoms with Crippen LogP contribution in [0.1, 0.15) is 70.1 Å². The minimum Gasteiger partial charge on any atom is -0.464 e. The van der Waals surface area contributed by atoms with Gasteiger partial charge in [0, 0.05) is 26.9 Å². The lowest BCUT2D eigenvalue weighted by Gasteiger charge is -2.38.